The molecule has 1 aliphatic heterocycles. The molecule has 19 heavy (non-hydrogen) atoms. The Morgan fingerprint density at radius 3 is 2.63 bits per heavy atom. The van der Waals surface area contributed by atoms with Crippen LogP contribution in [0.1, 0.15) is 18.9 Å². The molecule has 1 aliphatic rings. The number of anilines is 1. The fourth-order valence-electron chi connectivity index (χ4n) is 2.92. The third kappa shape index (κ3) is 2.12. The van der Waals surface area contributed by atoms with E-state index in [0.29, 0.717) is 5.82 Å². The van der Waals surface area contributed by atoms with Crippen molar-refractivity contribution in [1.29, 1.82) is 0 Å². The Balaban J connectivity index is 2.11. The lowest BCUT2D eigenvalue weighted by molar-refractivity contribution is 0.220. The van der Waals surface area contributed by atoms with Gasteiger partial charge in [-0.15, -0.1) is 0 Å². The van der Waals surface area contributed by atoms with Crippen LogP contribution in [0.5, 0.6) is 0 Å². The van der Waals surface area contributed by atoms with Crippen molar-refractivity contribution < 1.29 is 0 Å². The molecule has 1 fully saturated rings. The number of hydrogen-bond acceptors (Lipinski definition) is 3. The number of piperidine rings is 1. The van der Waals surface area contributed by atoms with Gasteiger partial charge in [-0.3, -0.25) is 9.36 Å². The number of likely N-dealkylation sites (tertiary alicyclic amines) is 1. The zero-order chi connectivity index (χ0) is 13.4. The Morgan fingerprint density at radius 2 is 1.89 bits per heavy atom. The first-order valence-electron chi connectivity index (χ1n) is 6.75. The second-order valence-electron chi connectivity index (χ2n) is 5.37. The van der Waals surface area contributed by atoms with Gasteiger partial charge in [0.1, 0.15) is 5.82 Å². The van der Waals surface area contributed by atoms with Crippen LogP contribution in [0.3, 0.4) is 0 Å². The number of nitrogen functional groups attached to an aromatic ring is 1. The molecule has 2 N–H and O–H groups in total. The van der Waals surface area contributed by atoms with Crippen molar-refractivity contribution in [3.63, 3.8) is 0 Å². The zero-order valence-electron chi connectivity index (χ0n) is 11.2. The van der Waals surface area contributed by atoms with E-state index in [1.165, 1.54) is 0 Å². The lowest BCUT2D eigenvalue weighted by Gasteiger charge is -2.31. The molecular weight excluding hydrogens is 238 g/mol. The molecule has 1 aromatic carbocycles. The molecule has 0 radical (unpaired) electrons. The fourth-order valence-corrected chi connectivity index (χ4v) is 2.92. The highest BCUT2D eigenvalue weighted by Gasteiger charge is 2.21. The van der Waals surface area contributed by atoms with Gasteiger partial charge in [0.15, 0.2) is 0 Å². The van der Waals surface area contributed by atoms with Crippen molar-refractivity contribution in [2.24, 2.45) is 0 Å². The number of nitrogens with two attached hydrogens (primary N) is 1. The number of hydrogen-bond donors (Lipinski definition) is 1. The maximum absolute atomic E-state index is 12.6. The minimum atomic E-state index is 0.0464. The molecule has 0 spiro atoms. The summed E-state index contributed by atoms with van der Waals surface area (Å²) in [6, 6.07) is 9.79. The van der Waals surface area contributed by atoms with E-state index in [0.717, 1.165) is 36.7 Å². The minimum Gasteiger partial charge on any atom is -0.385 e. The predicted octanol–water partition coefficient (Wildman–Crippen LogP) is 1.85. The van der Waals surface area contributed by atoms with Crippen LogP contribution in [0.2, 0.25) is 0 Å². The summed E-state index contributed by atoms with van der Waals surface area (Å²) in [4.78, 5) is 14.9. The van der Waals surface area contributed by atoms with Gasteiger partial charge in [0, 0.05) is 11.4 Å². The fraction of sp³-hybridized carbons (Fsp3) is 0.400. The monoisotopic (exact) mass is 257 g/mol. The van der Waals surface area contributed by atoms with Crippen LogP contribution in [0, 0.1) is 0 Å². The van der Waals surface area contributed by atoms with Gasteiger partial charge in [-0.25, -0.2) is 0 Å². The van der Waals surface area contributed by atoms with E-state index in [9.17, 15) is 4.79 Å². The van der Waals surface area contributed by atoms with Gasteiger partial charge >= 0.3 is 0 Å². The number of pyridine rings is 1. The number of rotatable bonds is 1. The summed E-state index contributed by atoms with van der Waals surface area (Å²) in [5, 5.41) is 1.69. The van der Waals surface area contributed by atoms with Crippen LogP contribution in [-0.4, -0.2) is 29.6 Å². The van der Waals surface area contributed by atoms with Gasteiger partial charge in [-0.1, -0.05) is 18.2 Å². The highest BCUT2D eigenvalue weighted by molar-refractivity contribution is 5.83. The highest BCUT2D eigenvalue weighted by atomic mass is 16.1. The van der Waals surface area contributed by atoms with Crippen LogP contribution in [-0.2, 0) is 0 Å². The van der Waals surface area contributed by atoms with Gasteiger partial charge in [0.25, 0.3) is 5.56 Å². The molecule has 2 aromatic rings. The molecule has 0 aliphatic carbocycles. The first-order valence-corrected chi connectivity index (χ1v) is 6.75. The lowest BCUT2D eigenvalue weighted by Crippen LogP contribution is -2.36. The summed E-state index contributed by atoms with van der Waals surface area (Å²) in [5.41, 5.74) is 6.15. The molecule has 0 saturated carbocycles. The molecule has 1 saturated heterocycles. The molecule has 2 heterocycles. The second kappa shape index (κ2) is 4.70. The summed E-state index contributed by atoms with van der Waals surface area (Å²) in [7, 11) is 2.11. The quantitative estimate of drug-likeness (QED) is 0.848. The molecule has 0 unspecified atom stereocenters. The summed E-state index contributed by atoms with van der Waals surface area (Å²) in [6.07, 6.45) is 1.97. The molecule has 100 valence electrons. The van der Waals surface area contributed by atoms with Crippen molar-refractivity contribution in [1.82, 2.24) is 9.47 Å². The van der Waals surface area contributed by atoms with Crippen LogP contribution < -0.4 is 11.3 Å². The molecule has 4 nitrogen and oxygen atoms in total. The van der Waals surface area contributed by atoms with Crippen molar-refractivity contribution in [3.05, 3.63) is 40.7 Å². The predicted molar refractivity (Wildman–Crippen MR) is 78.4 cm³/mol. The highest BCUT2D eigenvalue weighted by Crippen LogP contribution is 2.24. The third-order valence-corrected chi connectivity index (χ3v) is 4.04. The zero-order valence-corrected chi connectivity index (χ0v) is 11.2. The summed E-state index contributed by atoms with van der Waals surface area (Å²) >= 11 is 0. The van der Waals surface area contributed by atoms with Gasteiger partial charge < -0.3 is 10.6 Å². The Labute approximate surface area is 112 Å². The van der Waals surface area contributed by atoms with E-state index in [-0.39, 0.29) is 11.6 Å². The molecule has 3 rings (SSSR count). The van der Waals surface area contributed by atoms with Gasteiger partial charge in [0.05, 0.1) is 0 Å². The van der Waals surface area contributed by atoms with E-state index in [2.05, 4.69) is 11.9 Å². The maximum Gasteiger partial charge on any atom is 0.260 e. The summed E-state index contributed by atoms with van der Waals surface area (Å²) in [6.45, 7) is 2.03. The third-order valence-electron chi connectivity index (χ3n) is 4.04. The van der Waals surface area contributed by atoms with Crippen LogP contribution >= 0.6 is 0 Å². The van der Waals surface area contributed by atoms with E-state index < -0.39 is 0 Å². The summed E-state index contributed by atoms with van der Waals surface area (Å²) in [5.74, 6) is 0.582. The van der Waals surface area contributed by atoms with Crippen LogP contribution in [0.25, 0.3) is 10.8 Å². The van der Waals surface area contributed by atoms with Gasteiger partial charge in [-0.05, 0) is 50.5 Å². The van der Waals surface area contributed by atoms with Crippen LogP contribution in [0.15, 0.2) is 35.1 Å². The Morgan fingerprint density at radius 1 is 1.21 bits per heavy atom. The second-order valence-corrected chi connectivity index (χ2v) is 5.37. The smallest absolute Gasteiger partial charge is 0.260 e. The maximum atomic E-state index is 12.6. The van der Waals surface area contributed by atoms with Gasteiger partial charge in [0.2, 0.25) is 0 Å². The molecule has 1 aromatic heterocycles. The Bertz CT molecular complexity index is 654. The average Bonchev–Trinajstić information content (AvgIpc) is 2.41. The van der Waals surface area contributed by atoms with E-state index in [4.69, 9.17) is 5.73 Å². The molecular formula is C15H19N3O. The number of aromatic nitrogens is 1. The summed E-state index contributed by atoms with van der Waals surface area (Å²) < 4.78 is 1.79. The van der Waals surface area contributed by atoms with E-state index >= 15 is 0 Å². The number of fused-ring (bicyclic) bond motifs is 1. The SMILES string of the molecule is CN1CCC(n2c(N)cc3ccccc3c2=O)CC1. The average molecular weight is 257 g/mol. The van der Waals surface area contributed by atoms with E-state index in [1.807, 2.05) is 30.3 Å². The molecule has 4 heteroatoms. The lowest BCUT2D eigenvalue weighted by atomic mass is 10.0. The molecule has 0 bridgehead atoms. The normalized spacial score (nSPS) is 17.9. The number of nitrogens with zero attached hydrogens (tertiary/aromatic N) is 2. The van der Waals surface area contributed by atoms with Crippen molar-refractivity contribution in [2.45, 2.75) is 18.9 Å². The topological polar surface area (TPSA) is 51.3 Å². The van der Waals surface area contributed by atoms with Crippen molar-refractivity contribution in [3.8, 4) is 0 Å². The van der Waals surface area contributed by atoms with Crippen molar-refractivity contribution in [2.75, 3.05) is 25.9 Å². The Hall–Kier alpha value is -1.81. The first kappa shape index (κ1) is 12.2. The Kier molecular flexibility index (Phi) is 3.03. The minimum absolute atomic E-state index is 0.0464. The molecule has 0 amide bonds. The van der Waals surface area contributed by atoms with Crippen molar-refractivity contribution >= 4 is 16.6 Å². The first-order chi connectivity index (χ1) is 9.16. The van der Waals surface area contributed by atoms with E-state index in [1.54, 1.807) is 4.57 Å². The largest absolute Gasteiger partial charge is 0.385 e. The number of benzene rings is 1. The van der Waals surface area contributed by atoms with Gasteiger partial charge in [-0.2, -0.15) is 0 Å². The van der Waals surface area contributed by atoms with Crippen LogP contribution in [0.4, 0.5) is 5.82 Å². The standard InChI is InChI=1S/C15H19N3O/c1-17-8-6-12(7-9-17)18-14(16)10-11-4-2-3-5-13(11)15(18)19/h2-5,10,12H,6-9,16H2,1H3. The molecule has 0 atom stereocenters.